The molecule has 1 aliphatic heterocycles. The van der Waals surface area contributed by atoms with Crippen molar-refractivity contribution in [1.29, 1.82) is 0 Å². The fourth-order valence-corrected chi connectivity index (χ4v) is 4.50. The van der Waals surface area contributed by atoms with Gasteiger partial charge in [0.2, 0.25) is 0 Å². The largest absolute Gasteiger partial charge is 0.356 e. The molecule has 7 nitrogen and oxygen atoms in total. The van der Waals surface area contributed by atoms with E-state index in [1.165, 1.54) is 12.1 Å². The van der Waals surface area contributed by atoms with E-state index in [2.05, 4.69) is 15.3 Å². The Morgan fingerprint density at radius 1 is 1.27 bits per heavy atom. The van der Waals surface area contributed by atoms with Crippen LogP contribution in [0.1, 0.15) is 16.9 Å². The molecule has 2 aromatic rings. The van der Waals surface area contributed by atoms with Crippen LogP contribution in [0.3, 0.4) is 0 Å². The van der Waals surface area contributed by atoms with Crippen molar-refractivity contribution < 1.29 is 22.0 Å². The van der Waals surface area contributed by atoms with Gasteiger partial charge in [-0.3, -0.25) is 4.79 Å². The monoisotopic (exact) mass is 382 g/mol. The third kappa shape index (κ3) is 3.79. The van der Waals surface area contributed by atoms with Crippen LogP contribution in [0.2, 0.25) is 0 Å². The van der Waals surface area contributed by atoms with Gasteiger partial charge in [0.1, 0.15) is 35.2 Å². The molecule has 1 aromatic carbocycles. The molecule has 1 fully saturated rings. The summed E-state index contributed by atoms with van der Waals surface area (Å²) in [6.45, 7) is 0. The van der Waals surface area contributed by atoms with E-state index >= 15 is 0 Å². The van der Waals surface area contributed by atoms with Gasteiger partial charge in [0.15, 0.2) is 9.84 Å². The zero-order valence-corrected chi connectivity index (χ0v) is 14.6. The predicted molar refractivity (Wildman–Crippen MR) is 91.8 cm³/mol. The molecule has 1 saturated heterocycles. The average Bonchev–Trinajstić information content (AvgIpc) is 2.97. The third-order valence-electron chi connectivity index (χ3n) is 4.20. The highest BCUT2D eigenvalue weighted by atomic mass is 32.2. The molecule has 0 spiro atoms. The number of hydrogen-bond acceptors (Lipinski definition) is 6. The number of benzene rings is 1. The average molecular weight is 382 g/mol. The highest BCUT2D eigenvalue weighted by Gasteiger charge is 2.31. The first-order chi connectivity index (χ1) is 12.3. The van der Waals surface area contributed by atoms with Crippen molar-refractivity contribution in [2.75, 3.05) is 28.8 Å². The fraction of sp³-hybridized carbons (Fsp3) is 0.312. The van der Waals surface area contributed by atoms with Gasteiger partial charge in [-0.1, -0.05) is 6.07 Å². The van der Waals surface area contributed by atoms with E-state index in [-0.39, 0.29) is 23.2 Å². The summed E-state index contributed by atoms with van der Waals surface area (Å²) in [5.74, 6) is -2.14. The number of halogens is 2. The van der Waals surface area contributed by atoms with E-state index in [0.717, 1.165) is 18.5 Å². The molecule has 1 aliphatic rings. The Balaban J connectivity index is 1.80. The second kappa shape index (κ2) is 6.94. The van der Waals surface area contributed by atoms with E-state index in [1.54, 1.807) is 11.9 Å². The number of aromatic nitrogens is 2. The van der Waals surface area contributed by atoms with E-state index in [9.17, 15) is 22.0 Å². The second-order valence-corrected chi connectivity index (χ2v) is 8.21. The van der Waals surface area contributed by atoms with Gasteiger partial charge in [0, 0.05) is 19.2 Å². The first-order valence-electron chi connectivity index (χ1n) is 7.77. The lowest BCUT2D eigenvalue weighted by molar-refractivity contribution is 0.102. The zero-order valence-electron chi connectivity index (χ0n) is 13.8. The molecule has 1 amide bonds. The number of rotatable bonds is 4. The number of anilines is 2. The first-order valence-corrected chi connectivity index (χ1v) is 9.59. The van der Waals surface area contributed by atoms with Crippen LogP contribution in [0.25, 0.3) is 0 Å². The van der Waals surface area contributed by atoms with Crippen molar-refractivity contribution in [3.63, 3.8) is 0 Å². The van der Waals surface area contributed by atoms with Crippen LogP contribution < -0.4 is 10.2 Å². The van der Waals surface area contributed by atoms with Crippen LogP contribution >= 0.6 is 0 Å². The van der Waals surface area contributed by atoms with E-state index in [1.807, 2.05) is 0 Å². The number of sulfone groups is 1. The van der Waals surface area contributed by atoms with Gasteiger partial charge in [0.05, 0.1) is 11.5 Å². The summed E-state index contributed by atoms with van der Waals surface area (Å²) in [5, 5.41) is 2.15. The van der Waals surface area contributed by atoms with Crippen molar-refractivity contribution in [3.8, 4) is 0 Å². The van der Waals surface area contributed by atoms with Crippen LogP contribution in [-0.4, -0.2) is 48.9 Å². The lowest BCUT2D eigenvalue weighted by atomic mass is 10.2. The summed E-state index contributed by atoms with van der Waals surface area (Å²) in [6.07, 6.45) is 1.60. The third-order valence-corrected chi connectivity index (χ3v) is 5.95. The summed E-state index contributed by atoms with van der Waals surface area (Å²) in [7, 11) is -1.40. The normalized spacial score (nSPS) is 18.5. The summed E-state index contributed by atoms with van der Waals surface area (Å²) < 4.78 is 50.6. The van der Waals surface area contributed by atoms with Crippen LogP contribution in [0.15, 0.2) is 30.6 Å². The minimum absolute atomic E-state index is 0.00940. The van der Waals surface area contributed by atoms with Gasteiger partial charge < -0.3 is 10.2 Å². The molecule has 3 rings (SSSR count). The van der Waals surface area contributed by atoms with Gasteiger partial charge in [-0.2, -0.15) is 0 Å². The quantitative estimate of drug-likeness (QED) is 0.864. The maximum absolute atomic E-state index is 13.7. The maximum atomic E-state index is 13.7. The minimum atomic E-state index is -3.07. The number of hydrogen-bond donors (Lipinski definition) is 1. The van der Waals surface area contributed by atoms with E-state index in [0.29, 0.717) is 12.2 Å². The molecule has 138 valence electrons. The standard InChI is InChI=1S/C16H16F2N4O3S/c1-22(10-5-6-26(24,25)8-10)14-7-13(19-9-20-14)16(23)21-15-11(17)3-2-4-12(15)18/h2-4,7,9-10H,5-6,8H2,1H3,(H,21,23). The number of amides is 1. The Hall–Kier alpha value is -2.62. The number of para-hydroxylation sites is 1. The fourth-order valence-electron chi connectivity index (χ4n) is 2.73. The van der Waals surface area contributed by atoms with E-state index in [4.69, 9.17) is 0 Å². The Kier molecular flexibility index (Phi) is 4.86. The summed E-state index contributed by atoms with van der Waals surface area (Å²) in [5.41, 5.74) is -0.654. The van der Waals surface area contributed by atoms with Gasteiger partial charge in [-0.15, -0.1) is 0 Å². The summed E-state index contributed by atoms with van der Waals surface area (Å²) in [6, 6.07) is 4.33. The van der Waals surface area contributed by atoms with Crippen molar-refractivity contribution in [3.05, 3.63) is 47.9 Å². The molecule has 1 unspecified atom stereocenters. The lowest BCUT2D eigenvalue weighted by Gasteiger charge is -2.24. The molecule has 1 atom stereocenters. The zero-order chi connectivity index (χ0) is 18.9. The Morgan fingerprint density at radius 2 is 1.96 bits per heavy atom. The number of carbonyl (C=O) groups is 1. The smallest absolute Gasteiger partial charge is 0.274 e. The molecular formula is C16H16F2N4O3S. The van der Waals surface area contributed by atoms with Gasteiger partial charge in [-0.25, -0.2) is 27.2 Å². The van der Waals surface area contributed by atoms with Crippen molar-refractivity contribution >= 4 is 27.2 Å². The van der Waals surface area contributed by atoms with Crippen LogP contribution in [0, 0.1) is 11.6 Å². The van der Waals surface area contributed by atoms with Crippen molar-refractivity contribution in [1.82, 2.24) is 9.97 Å². The number of nitrogens with one attached hydrogen (secondary N) is 1. The minimum Gasteiger partial charge on any atom is -0.356 e. The van der Waals surface area contributed by atoms with Crippen molar-refractivity contribution in [2.45, 2.75) is 12.5 Å². The number of carbonyl (C=O) groups excluding carboxylic acids is 1. The SMILES string of the molecule is CN(c1cc(C(=O)Nc2c(F)cccc2F)ncn1)C1CCS(=O)(=O)C1. The van der Waals surface area contributed by atoms with Crippen LogP contribution in [0.5, 0.6) is 0 Å². The Bertz CT molecular complexity index is 932. The molecular weight excluding hydrogens is 366 g/mol. The first kappa shape index (κ1) is 18.2. The van der Waals surface area contributed by atoms with Crippen LogP contribution in [0.4, 0.5) is 20.3 Å². The molecule has 1 aromatic heterocycles. The van der Waals surface area contributed by atoms with Gasteiger partial charge >= 0.3 is 0 Å². The maximum Gasteiger partial charge on any atom is 0.274 e. The number of nitrogens with zero attached hydrogens (tertiary/aromatic N) is 3. The summed E-state index contributed by atoms with van der Waals surface area (Å²) >= 11 is 0. The molecule has 1 N–H and O–H groups in total. The Labute approximate surface area is 149 Å². The molecule has 0 saturated carbocycles. The Morgan fingerprint density at radius 3 is 2.58 bits per heavy atom. The molecule has 0 aliphatic carbocycles. The molecule has 26 heavy (non-hydrogen) atoms. The topological polar surface area (TPSA) is 92.3 Å². The van der Waals surface area contributed by atoms with Gasteiger partial charge in [0.25, 0.3) is 5.91 Å². The van der Waals surface area contributed by atoms with E-state index < -0.39 is 33.1 Å². The highest BCUT2D eigenvalue weighted by molar-refractivity contribution is 7.91. The highest BCUT2D eigenvalue weighted by Crippen LogP contribution is 2.22. The lowest BCUT2D eigenvalue weighted by Crippen LogP contribution is -2.33. The predicted octanol–water partition coefficient (Wildman–Crippen LogP) is 1.63. The summed E-state index contributed by atoms with van der Waals surface area (Å²) in [4.78, 5) is 21.8. The molecule has 0 bridgehead atoms. The van der Waals surface area contributed by atoms with Gasteiger partial charge in [-0.05, 0) is 18.6 Å². The molecule has 0 radical (unpaired) electrons. The molecule has 2 heterocycles. The van der Waals surface area contributed by atoms with Crippen LogP contribution in [-0.2, 0) is 9.84 Å². The van der Waals surface area contributed by atoms with Crippen molar-refractivity contribution in [2.24, 2.45) is 0 Å². The molecule has 10 heteroatoms. The second-order valence-electron chi connectivity index (χ2n) is 5.98.